The largest absolute Gasteiger partial charge is 0.496 e. The summed E-state index contributed by atoms with van der Waals surface area (Å²) >= 11 is 1.38. The summed E-state index contributed by atoms with van der Waals surface area (Å²) in [5, 5.41) is 1.72. The van der Waals surface area contributed by atoms with Crippen molar-refractivity contribution < 1.29 is 31.9 Å². The van der Waals surface area contributed by atoms with Crippen molar-refractivity contribution in [3.05, 3.63) is 80.8 Å². The summed E-state index contributed by atoms with van der Waals surface area (Å²) in [6, 6.07) is 13.1. The van der Waals surface area contributed by atoms with Gasteiger partial charge in [0.25, 0.3) is 0 Å². The molecule has 0 unspecified atom stereocenters. The fourth-order valence-electron chi connectivity index (χ4n) is 3.26. The molecule has 4 aromatic rings. The normalized spacial score (nSPS) is 11.5. The van der Waals surface area contributed by atoms with Crippen LogP contribution in [0.1, 0.15) is 10.6 Å². The predicted octanol–water partition coefficient (Wildman–Crippen LogP) is 5.70. The quantitative estimate of drug-likeness (QED) is 0.283. The maximum Gasteiger partial charge on any atom is 0.450 e. The van der Waals surface area contributed by atoms with Crippen LogP contribution in [0, 0.1) is 0 Å². The first-order valence-electron chi connectivity index (χ1n) is 9.32. The lowest BCUT2D eigenvalue weighted by Gasteiger charge is -2.15. The zero-order chi connectivity index (χ0) is 22.9. The van der Waals surface area contributed by atoms with Crippen molar-refractivity contribution in [3.63, 3.8) is 0 Å². The van der Waals surface area contributed by atoms with E-state index in [0.29, 0.717) is 0 Å². The summed E-state index contributed by atoms with van der Waals surface area (Å²) in [6.45, 7) is 0. The van der Waals surface area contributed by atoms with Gasteiger partial charge >= 0.3 is 12.1 Å². The number of methoxy groups -OCH3 is 1. The average Bonchev–Trinajstić information content (AvgIpc) is 3.25. The minimum Gasteiger partial charge on any atom is -0.496 e. The molecule has 0 amide bonds. The number of halogens is 3. The van der Waals surface area contributed by atoms with Gasteiger partial charge in [-0.15, -0.1) is 11.3 Å². The number of ether oxygens (including phenoxy) is 2. The Morgan fingerprint density at radius 1 is 1.09 bits per heavy atom. The number of carbonyl (C=O) groups excluding carboxylic acids is 1. The van der Waals surface area contributed by atoms with E-state index in [1.54, 1.807) is 18.2 Å². The van der Waals surface area contributed by atoms with E-state index in [9.17, 15) is 22.8 Å². The Hall–Kier alpha value is -3.59. The van der Waals surface area contributed by atoms with E-state index in [0.717, 1.165) is 10.9 Å². The van der Waals surface area contributed by atoms with Gasteiger partial charge in [-0.05, 0) is 29.6 Å². The van der Waals surface area contributed by atoms with Crippen LogP contribution in [0.3, 0.4) is 0 Å². The molecule has 9 heteroatoms. The van der Waals surface area contributed by atoms with E-state index in [1.807, 2.05) is 5.38 Å². The van der Waals surface area contributed by atoms with Crippen molar-refractivity contribution in [2.45, 2.75) is 12.6 Å². The van der Waals surface area contributed by atoms with E-state index in [2.05, 4.69) is 0 Å². The molecule has 0 spiro atoms. The molecule has 0 atom stereocenters. The van der Waals surface area contributed by atoms with Gasteiger partial charge in [0.2, 0.25) is 11.2 Å². The van der Waals surface area contributed by atoms with Crippen LogP contribution in [0.15, 0.2) is 69.2 Å². The Bertz CT molecular complexity index is 1340. The van der Waals surface area contributed by atoms with Gasteiger partial charge in [0.05, 0.1) is 24.5 Å². The highest BCUT2D eigenvalue weighted by Crippen LogP contribution is 2.40. The van der Waals surface area contributed by atoms with Crippen LogP contribution >= 0.6 is 11.3 Å². The number of benzene rings is 2. The second-order valence-corrected chi connectivity index (χ2v) is 7.75. The van der Waals surface area contributed by atoms with Crippen LogP contribution < -0.4 is 14.9 Å². The monoisotopic (exact) mass is 460 g/mol. The van der Waals surface area contributed by atoms with E-state index in [-0.39, 0.29) is 34.5 Å². The molecule has 0 radical (unpaired) electrons. The van der Waals surface area contributed by atoms with Gasteiger partial charge in [-0.25, -0.2) is 0 Å². The molecule has 0 aliphatic rings. The summed E-state index contributed by atoms with van der Waals surface area (Å²) in [6.07, 6.45) is -4.93. The van der Waals surface area contributed by atoms with Gasteiger partial charge < -0.3 is 13.9 Å². The predicted molar refractivity (Wildman–Crippen MR) is 113 cm³/mol. The van der Waals surface area contributed by atoms with Crippen molar-refractivity contribution in [3.8, 4) is 22.6 Å². The number of alkyl halides is 3. The number of para-hydroxylation sites is 1. The van der Waals surface area contributed by atoms with Crippen molar-refractivity contribution in [2.24, 2.45) is 0 Å². The van der Waals surface area contributed by atoms with Gasteiger partial charge in [-0.1, -0.05) is 24.3 Å². The van der Waals surface area contributed by atoms with Gasteiger partial charge in [0.15, 0.2) is 0 Å². The third kappa shape index (κ3) is 4.24. The van der Waals surface area contributed by atoms with Crippen LogP contribution in [0.4, 0.5) is 13.2 Å². The number of fused-ring (bicyclic) bond motifs is 1. The minimum atomic E-state index is -4.95. The van der Waals surface area contributed by atoms with Crippen molar-refractivity contribution >= 4 is 28.3 Å². The maximum atomic E-state index is 13.8. The molecule has 2 heterocycles. The van der Waals surface area contributed by atoms with Crippen molar-refractivity contribution in [1.82, 2.24) is 0 Å². The number of hydrogen-bond donors (Lipinski definition) is 0. The molecule has 5 nitrogen and oxygen atoms in total. The van der Waals surface area contributed by atoms with E-state index in [4.69, 9.17) is 13.9 Å². The molecule has 0 N–H and O–H groups in total. The Labute approximate surface area is 183 Å². The average molecular weight is 460 g/mol. The zero-order valence-corrected chi connectivity index (χ0v) is 17.4. The molecule has 4 rings (SSSR count). The number of esters is 1. The minimum absolute atomic E-state index is 0.0141. The fraction of sp³-hybridized carbons (Fsp3) is 0.130. The molecule has 0 aliphatic carbocycles. The summed E-state index contributed by atoms with van der Waals surface area (Å²) < 4.78 is 57.0. The van der Waals surface area contributed by atoms with E-state index >= 15 is 0 Å². The zero-order valence-electron chi connectivity index (χ0n) is 16.6. The highest BCUT2D eigenvalue weighted by atomic mass is 32.1. The van der Waals surface area contributed by atoms with Crippen molar-refractivity contribution in [2.75, 3.05) is 7.11 Å². The van der Waals surface area contributed by atoms with Crippen LogP contribution in [0.2, 0.25) is 0 Å². The summed E-state index contributed by atoms with van der Waals surface area (Å²) in [7, 11) is 1.30. The maximum absolute atomic E-state index is 13.8. The van der Waals surface area contributed by atoms with Crippen LogP contribution in [-0.4, -0.2) is 13.1 Å². The fourth-order valence-corrected chi connectivity index (χ4v) is 3.95. The van der Waals surface area contributed by atoms with Gasteiger partial charge in [0.1, 0.15) is 17.1 Å². The van der Waals surface area contributed by atoms with E-state index < -0.39 is 28.9 Å². The molecule has 32 heavy (non-hydrogen) atoms. The first kappa shape index (κ1) is 21.6. The Morgan fingerprint density at radius 2 is 1.88 bits per heavy atom. The molecule has 0 saturated carbocycles. The number of hydrogen-bond acceptors (Lipinski definition) is 6. The molecule has 0 aliphatic heterocycles. The lowest BCUT2D eigenvalue weighted by Crippen LogP contribution is -2.16. The van der Waals surface area contributed by atoms with Crippen LogP contribution in [0.25, 0.3) is 22.1 Å². The third-order valence-corrected chi connectivity index (χ3v) is 5.50. The van der Waals surface area contributed by atoms with E-state index in [1.165, 1.54) is 48.8 Å². The molecule has 2 aromatic heterocycles. The molecular formula is C23H15F3O5S. The first-order valence-corrected chi connectivity index (χ1v) is 10.2. The Morgan fingerprint density at radius 3 is 2.56 bits per heavy atom. The highest BCUT2D eigenvalue weighted by molar-refractivity contribution is 7.10. The number of rotatable bonds is 5. The van der Waals surface area contributed by atoms with Gasteiger partial charge in [-0.2, -0.15) is 13.2 Å². The molecule has 2 aromatic carbocycles. The lowest BCUT2D eigenvalue weighted by molar-refractivity contribution is -0.152. The molecular weight excluding hydrogens is 445 g/mol. The van der Waals surface area contributed by atoms with Crippen molar-refractivity contribution in [1.29, 1.82) is 0 Å². The summed E-state index contributed by atoms with van der Waals surface area (Å²) in [4.78, 5) is 26.0. The first-order chi connectivity index (χ1) is 15.3. The second-order valence-electron chi connectivity index (χ2n) is 6.72. The standard InChI is InChI=1S/C23H15F3O5S/c1-29-17-7-3-2-6-15(17)20-21(28)16-9-8-13(11-18(16)31-22(20)23(24,25)26)30-19(27)12-14-5-4-10-32-14/h2-11H,12H2,1H3. The number of carbonyl (C=O) groups is 1. The third-order valence-electron chi connectivity index (χ3n) is 4.63. The number of thiophene rings is 1. The Kier molecular flexibility index (Phi) is 5.75. The molecule has 0 bridgehead atoms. The van der Waals surface area contributed by atoms with Crippen LogP contribution in [-0.2, 0) is 17.4 Å². The van der Waals surface area contributed by atoms with Crippen LogP contribution in [0.5, 0.6) is 11.5 Å². The second kappa shape index (κ2) is 8.51. The van der Waals surface area contributed by atoms with Gasteiger partial charge in [-0.3, -0.25) is 9.59 Å². The Balaban J connectivity index is 1.81. The lowest BCUT2D eigenvalue weighted by atomic mass is 10.0. The topological polar surface area (TPSA) is 65.7 Å². The summed E-state index contributed by atoms with van der Waals surface area (Å²) in [5.74, 6) is -1.97. The highest BCUT2D eigenvalue weighted by Gasteiger charge is 2.40. The smallest absolute Gasteiger partial charge is 0.450 e. The summed E-state index contributed by atoms with van der Waals surface area (Å²) in [5.41, 5.74) is -1.91. The van der Waals surface area contributed by atoms with Gasteiger partial charge in [0, 0.05) is 16.5 Å². The molecule has 164 valence electrons. The molecule has 0 saturated heterocycles. The molecule has 0 fully saturated rings. The SMILES string of the molecule is COc1ccccc1-c1c(C(F)(F)F)oc2cc(OC(=O)Cc3cccs3)ccc2c1=O.